The molecule has 0 spiro atoms. The summed E-state index contributed by atoms with van der Waals surface area (Å²) < 4.78 is 10.8. The molecule has 0 radical (unpaired) electrons. The Kier molecular flexibility index (Phi) is 5.07. The number of urea groups is 1. The second-order valence-corrected chi connectivity index (χ2v) is 7.32. The van der Waals surface area contributed by atoms with E-state index in [-0.39, 0.29) is 25.3 Å². The van der Waals surface area contributed by atoms with Crippen molar-refractivity contribution in [1.82, 2.24) is 19.6 Å². The number of nitrogens with zero attached hydrogens (tertiary/aromatic N) is 4. The minimum absolute atomic E-state index is 0.0429. The van der Waals surface area contributed by atoms with Gasteiger partial charge in [0.05, 0.1) is 0 Å². The summed E-state index contributed by atoms with van der Waals surface area (Å²) in [7, 11) is 1.79. The van der Waals surface area contributed by atoms with E-state index in [0.717, 1.165) is 44.1 Å². The zero-order chi connectivity index (χ0) is 18.8. The quantitative estimate of drug-likeness (QED) is 0.781. The molecule has 0 aliphatic carbocycles. The summed E-state index contributed by atoms with van der Waals surface area (Å²) in [5.41, 5.74) is 1.18. The van der Waals surface area contributed by atoms with Gasteiger partial charge in [0.2, 0.25) is 12.7 Å². The lowest BCUT2D eigenvalue weighted by Gasteiger charge is -2.37. The van der Waals surface area contributed by atoms with Crippen molar-refractivity contribution in [2.75, 3.05) is 59.7 Å². The summed E-state index contributed by atoms with van der Waals surface area (Å²) in [6, 6.07) is 5.99. The molecule has 0 bridgehead atoms. The van der Waals surface area contributed by atoms with E-state index in [0.29, 0.717) is 19.6 Å². The molecule has 3 aliphatic heterocycles. The van der Waals surface area contributed by atoms with Crippen LogP contribution in [-0.4, -0.2) is 91.2 Å². The van der Waals surface area contributed by atoms with Gasteiger partial charge in [-0.1, -0.05) is 6.07 Å². The lowest BCUT2D eigenvalue weighted by Crippen LogP contribution is -2.54. The molecule has 3 aliphatic rings. The maximum atomic E-state index is 12.6. The van der Waals surface area contributed by atoms with E-state index < -0.39 is 0 Å². The highest BCUT2D eigenvalue weighted by Crippen LogP contribution is 2.32. The summed E-state index contributed by atoms with van der Waals surface area (Å²) in [6.07, 6.45) is 0.916. The van der Waals surface area contributed by atoms with Gasteiger partial charge >= 0.3 is 6.03 Å². The highest BCUT2D eigenvalue weighted by atomic mass is 16.7. The van der Waals surface area contributed by atoms with Gasteiger partial charge in [0.15, 0.2) is 11.5 Å². The standard InChI is InChI=1S/C19H26N4O4/c1-20-5-2-6-23(19(20)25)13-18(24)22-9-7-21(8-10-22)12-15-3-4-16-17(11-15)27-14-26-16/h3-4,11H,2,5-10,12-14H2,1H3. The fourth-order valence-corrected chi connectivity index (χ4v) is 3.79. The first-order chi connectivity index (χ1) is 13.1. The zero-order valence-corrected chi connectivity index (χ0v) is 15.7. The monoisotopic (exact) mass is 374 g/mol. The summed E-state index contributed by atoms with van der Waals surface area (Å²) in [5, 5.41) is 0. The number of hydrogen-bond donors (Lipinski definition) is 0. The molecule has 1 aromatic carbocycles. The van der Waals surface area contributed by atoms with Crippen molar-refractivity contribution in [2.45, 2.75) is 13.0 Å². The third-order valence-corrected chi connectivity index (χ3v) is 5.41. The second kappa shape index (κ2) is 7.64. The first kappa shape index (κ1) is 17.9. The zero-order valence-electron chi connectivity index (χ0n) is 15.7. The predicted molar refractivity (Wildman–Crippen MR) is 98.6 cm³/mol. The SMILES string of the molecule is CN1CCCN(CC(=O)N2CCN(Cc3ccc4c(c3)OCO4)CC2)C1=O. The van der Waals surface area contributed by atoms with E-state index in [2.05, 4.69) is 11.0 Å². The highest BCUT2D eigenvalue weighted by molar-refractivity contribution is 5.84. The number of piperazine rings is 1. The van der Waals surface area contributed by atoms with Crippen molar-refractivity contribution in [1.29, 1.82) is 0 Å². The Morgan fingerprint density at radius 1 is 1.04 bits per heavy atom. The average Bonchev–Trinajstić information content (AvgIpc) is 3.14. The second-order valence-electron chi connectivity index (χ2n) is 7.32. The Morgan fingerprint density at radius 2 is 1.81 bits per heavy atom. The molecular formula is C19H26N4O4. The summed E-state index contributed by atoms with van der Waals surface area (Å²) >= 11 is 0. The molecular weight excluding hydrogens is 348 g/mol. The minimum Gasteiger partial charge on any atom is -0.454 e. The number of hydrogen-bond acceptors (Lipinski definition) is 5. The number of benzene rings is 1. The van der Waals surface area contributed by atoms with Gasteiger partial charge in [-0.2, -0.15) is 0 Å². The third kappa shape index (κ3) is 3.95. The lowest BCUT2D eigenvalue weighted by atomic mass is 10.1. The van der Waals surface area contributed by atoms with Crippen molar-refractivity contribution in [3.05, 3.63) is 23.8 Å². The van der Waals surface area contributed by atoms with Crippen LogP contribution in [0.15, 0.2) is 18.2 Å². The van der Waals surface area contributed by atoms with E-state index in [9.17, 15) is 9.59 Å². The largest absolute Gasteiger partial charge is 0.454 e. The molecule has 8 nitrogen and oxygen atoms in total. The summed E-state index contributed by atoms with van der Waals surface area (Å²) in [6.45, 7) is 5.78. The van der Waals surface area contributed by atoms with Crippen LogP contribution < -0.4 is 9.47 Å². The Morgan fingerprint density at radius 3 is 2.63 bits per heavy atom. The fourth-order valence-electron chi connectivity index (χ4n) is 3.79. The van der Waals surface area contributed by atoms with E-state index in [1.165, 1.54) is 5.56 Å². The number of carbonyl (C=O) groups excluding carboxylic acids is 2. The van der Waals surface area contributed by atoms with E-state index in [1.54, 1.807) is 16.8 Å². The fraction of sp³-hybridized carbons (Fsp3) is 0.579. The van der Waals surface area contributed by atoms with Crippen LogP contribution in [0.4, 0.5) is 4.79 Å². The molecule has 0 atom stereocenters. The molecule has 146 valence electrons. The number of carbonyl (C=O) groups is 2. The molecule has 0 N–H and O–H groups in total. The molecule has 0 unspecified atom stereocenters. The minimum atomic E-state index is -0.0453. The van der Waals surface area contributed by atoms with Gasteiger partial charge in [-0.3, -0.25) is 9.69 Å². The molecule has 1 aromatic rings. The smallest absolute Gasteiger partial charge is 0.320 e. The molecule has 8 heteroatoms. The summed E-state index contributed by atoms with van der Waals surface area (Å²) in [5.74, 6) is 1.64. The van der Waals surface area contributed by atoms with Crippen molar-refractivity contribution in [3.8, 4) is 11.5 Å². The first-order valence-corrected chi connectivity index (χ1v) is 9.49. The summed E-state index contributed by atoms with van der Waals surface area (Å²) in [4.78, 5) is 32.3. The Labute approximate surface area is 159 Å². The Hall–Kier alpha value is -2.48. The van der Waals surface area contributed by atoms with Crippen LogP contribution in [0.5, 0.6) is 11.5 Å². The molecule has 3 heterocycles. The van der Waals surface area contributed by atoms with Crippen LogP contribution in [0, 0.1) is 0 Å². The van der Waals surface area contributed by atoms with Crippen molar-refractivity contribution >= 4 is 11.9 Å². The third-order valence-electron chi connectivity index (χ3n) is 5.41. The highest BCUT2D eigenvalue weighted by Gasteiger charge is 2.28. The van der Waals surface area contributed by atoms with Crippen molar-refractivity contribution in [3.63, 3.8) is 0 Å². The molecule has 4 rings (SSSR count). The van der Waals surface area contributed by atoms with Crippen molar-refractivity contribution < 1.29 is 19.1 Å². The maximum Gasteiger partial charge on any atom is 0.320 e. The van der Waals surface area contributed by atoms with Crippen LogP contribution in [0.3, 0.4) is 0 Å². The topological polar surface area (TPSA) is 65.6 Å². The predicted octanol–water partition coefficient (Wildman–Crippen LogP) is 0.817. The van der Waals surface area contributed by atoms with E-state index in [4.69, 9.17) is 9.47 Å². The van der Waals surface area contributed by atoms with Gasteiger partial charge in [-0.05, 0) is 24.1 Å². The van der Waals surface area contributed by atoms with Crippen LogP contribution >= 0.6 is 0 Å². The Bertz CT molecular complexity index is 718. The number of ether oxygens (including phenoxy) is 2. The average molecular weight is 374 g/mol. The lowest BCUT2D eigenvalue weighted by molar-refractivity contribution is -0.133. The molecule has 0 saturated carbocycles. The van der Waals surface area contributed by atoms with Gasteiger partial charge in [0, 0.05) is 52.9 Å². The van der Waals surface area contributed by atoms with Crippen LogP contribution in [0.25, 0.3) is 0 Å². The van der Waals surface area contributed by atoms with Crippen LogP contribution in [0.2, 0.25) is 0 Å². The van der Waals surface area contributed by atoms with Gasteiger partial charge in [0.1, 0.15) is 6.54 Å². The molecule has 2 saturated heterocycles. The number of rotatable bonds is 4. The van der Waals surface area contributed by atoms with Gasteiger partial charge in [0.25, 0.3) is 0 Å². The molecule has 3 amide bonds. The van der Waals surface area contributed by atoms with Gasteiger partial charge < -0.3 is 24.2 Å². The molecule has 27 heavy (non-hydrogen) atoms. The first-order valence-electron chi connectivity index (χ1n) is 9.49. The van der Waals surface area contributed by atoms with Crippen LogP contribution in [-0.2, 0) is 11.3 Å². The normalized spacial score (nSPS) is 20.3. The van der Waals surface area contributed by atoms with E-state index >= 15 is 0 Å². The molecule has 2 fully saturated rings. The van der Waals surface area contributed by atoms with Crippen molar-refractivity contribution in [2.24, 2.45) is 0 Å². The maximum absolute atomic E-state index is 12.6. The van der Waals surface area contributed by atoms with Gasteiger partial charge in [-0.15, -0.1) is 0 Å². The Balaban J connectivity index is 1.26. The number of fused-ring (bicyclic) bond motifs is 1. The molecule has 0 aromatic heterocycles. The van der Waals surface area contributed by atoms with Gasteiger partial charge in [-0.25, -0.2) is 4.79 Å². The number of amides is 3. The van der Waals surface area contributed by atoms with E-state index in [1.807, 2.05) is 17.0 Å². The van der Waals surface area contributed by atoms with Crippen LogP contribution in [0.1, 0.15) is 12.0 Å².